The average Bonchev–Trinajstić information content (AvgIpc) is 2.83. The molecule has 0 aromatic heterocycles. The number of hydrogen-bond donors (Lipinski definition) is 1. The number of Topliss-reactive ketones (excluding diaryl/α,β-unsaturated/α-hetero) is 2. The van der Waals surface area contributed by atoms with E-state index in [1.165, 1.54) is 25.3 Å². The molecule has 0 bridgehead atoms. The first-order chi connectivity index (χ1) is 16.8. The Bertz CT molecular complexity index is 1340. The van der Waals surface area contributed by atoms with Crippen LogP contribution >= 0.6 is 0 Å². The predicted molar refractivity (Wildman–Crippen MR) is 130 cm³/mol. The third-order valence-corrected chi connectivity index (χ3v) is 8.07. The summed E-state index contributed by atoms with van der Waals surface area (Å²) in [7, 11) is -2.64. The molecule has 3 aliphatic rings. The number of benzene rings is 2. The van der Waals surface area contributed by atoms with Crippen LogP contribution in [0.5, 0.6) is 11.5 Å². The Balaban J connectivity index is 1.56. The summed E-state index contributed by atoms with van der Waals surface area (Å²) in [6.07, 6.45) is 3.97. The van der Waals surface area contributed by atoms with Gasteiger partial charge in [-0.1, -0.05) is 23.8 Å². The van der Waals surface area contributed by atoms with Gasteiger partial charge in [0.2, 0.25) is 0 Å². The van der Waals surface area contributed by atoms with Crippen molar-refractivity contribution >= 4 is 21.7 Å². The third-order valence-electron chi connectivity index (χ3n) is 6.82. The van der Waals surface area contributed by atoms with Crippen molar-refractivity contribution in [1.82, 2.24) is 5.32 Å². The zero-order valence-corrected chi connectivity index (χ0v) is 20.5. The van der Waals surface area contributed by atoms with Gasteiger partial charge >= 0.3 is 10.1 Å². The molecule has 0 saturated carbocycles. The summed E-state index contributed by atoms with van der Waals surface area (Å²) >= 11 is 0. The van der Waals surface area contributed by atoms with Crippen LogP contribution in [-0.4, -0.2) is 27.1 Å². The molecule has 0 unspecified atom stereocenters. The van der Waals surface area contributed by atoms with Gasteiger partial charge in [-0.2, -0.15) is 8.42 Å². The number of methoxy groups -OCH3 is 1. The van der Waals surface area contributed by atoms with Crippen LogP contribution in [0.25, 0.3) is 0 Å². The maximum Gasteiger partial charge on any atom is 0.339 e. The van der Waals surface area contributed by atoms with Crippen molar-refractivity contribution in [2.45, 2.75) is 56.3 Å². The van der Waals surface area contributed by atoms with E-state index in [4.69, 9.17) is 8.92 Å². The summed E-state index contributed by atoms with van der Waals surface area (Å²) in [5, 5.41) is 3.39. The van der Waals surface area contributed by atoms with E-state index in [-0.39, 0.29) is 28.0 Å². The Labute approximate surface area is 205 Å². The highest BCUT2D eigenvalue weighted by molar-refractivity contribution is 7.87. The number of ketones is 2. The van der Waals surface area contributed by atoms with Gasteiger partial charge in [0, 0.05) is 41.3 Å². The maximum atomic E-state index is 13.0. The van der Waals surface area contributed by atoms with Crippen molar-refractivity contribution < 1.29 is 26.9 Å². The van der Waals surface area contributed by atoms with E-state index >= 15 is 0 Å². The molecular weight excluding hydrogens is 466 g/mol. The molecule has 1 N–H and O–H groups in total. The first kappa shape index (κ1) is 23.4. The van der Waals surface area contributed by atoms with Crippen molar-refractivity contribution in [2.24, 2.45) is 0 Å². The lowest BCUT2D eigenvalue weighted by molar-refractivity contribution is -0.117. The van der Waals surface area contributed by atoms with E-state index in [2.05, 4.69) is 5.32 Å². The van der Waals surface area contributed by atoms with Gasteiger partial charge in [0.1, 0.15) is 4.90 Å². The second-order valence-electron chi connectivity index (χ2n) is 9.16. The second-order valence-corrected chi connectivity index (χ2v) is 10.7. The van der Waals surface area contributed by atoms with Crippen LogP contribution in [0.2, 0.25) is 0 Å². The van der Waals surface area contributed by atoms with Gasteiger partial charge in [0.15, 0.2) is 23.1 Å². The molecule has 0 fully saturated rings. The van der Waals surface area contributed by atoms with Gasteiger partial charge in [0.05, 0.1) is 7.11 Å². The standard InChI is InChI=1S/C27H27NO6S/c1-16-9-12-18(13-10-16)35(31,32)34-23-14-11-17(15-24(23)33-2)25-26-19(5-3-7-21(26)29)28-20-6-4-8-22(30)27(20)25/h9-15,25,28H,3-8H2,1-2H3. The van der Waals surface area contributed by atoms with E-state index in [9.17, 15) is 18.0 Å². The largest absolute Gasteiger partial charge is 0.493 e. The monoisotopic (exact) mass is 493 g/mol. The zero-order chi connectivity index (χ0) is 24.7. The van der Waals surface area contributed by atoms with E-state index in [1.54, 1.807) is 24.3 Å². The minimum Gasteiger partial charge on any atom is -0.493 e. The molecule has 1 heterocycles. The topological polar surface area (TPSA) is 98.8 Å². The van der Waals surface area contributed by atoms with Gasteiger partial charge in [0.25, 0.3) is 0 Å². The molecule has 0 saturated heterocycles. The summed E-state index contributed by atoms with van der Waals surface area (Å²) in [5.74, 6) is -0.171. The minimum absolute atomic E-state index is 0.0370. The van der Waals surface area contributed by atoms with Crippen LogP contribution in [-0.2, 0) is 19.7 Å². The lowest BCUT2D eigenvalue weighted by atomic mass is 9.71. The van der Waals surface area contributed by atoms with Crippen molar-refractivity contribution in [3.63, 3.8) is 0 Å². The molecule has 2 aromatic rings. The number of aryl methyl sites for hydroxylation is 1. The smallest absolute Gasteiger partial charge is 0.339 e. The fourth-order valence-corrected chi connectivity index (χ4v) is 6.06. The molecule has 5 rings (SSSR count). The molecular formula is C27H27NO6S. The van der Waals surface area contributed by atoms with Crippen LogP contribution in [0, 0.1) is 6.92 Å². The summed E-state index contributed by atoms with van der Waals surface area (Å²) in [6.45, 7) is 1.87. The summed E-state index contributed by atoms with van der Waals surface area (Å²) < 4.78 is 36.6. The molecule has 0 radical (unpaired) electrons. The van der Waals surface area contributed by atoms with Crippen LogP contribution in [0.1, 0.15) is 55.6 Å². The second kappa shape index (κ2) is 9.00. The SMILES string of the molecule is COc1cc(C2C3=C(CCCC3=O)NC3=C2C(=O)CCC3)ccc1OS(=O)(=O)c1ccc(C)cc1. The Morgan fingerprint density at radius 3 is 2.00 bits per heavy atom. The molecule has 35 heavy (non-hydrogen) atoms. The third kappa shape index (κ3) is 4.27. The highest BCUT2D eigenvalue weighted by Crippen LogP contribution is 2.46. The number of allylic oxidation sites excluding steroid dienone is 4. The highest BCUT2D eigenvalue weighted by atomic mass is 32.2. The Morgan fingerprint density at radius 1 is 0.829 bits per heavy atom. The van der Waals surface area contributed by atoms with Crippen molar-refractivity contribution in [3.8, 4) is 11.5 Å². The van der Waals surface area contributed by atoms with Crippen LogP contribution < -0.4 is 14.2 Å². The van der Waals surface area contributed by atoms with Gasteiger partial charge < -0.3 is 14.2 Å². The maximum absolute atomic E-state index is 13.0. The summed E-state index contributed by atoms with van der Waals surface area (Å²) in [5.41, 5.74) is 4.68. The van der Waals surface area contributed by atoms with Crippen molar-refractivity contribution in [2.75, 3.05) is 7.11 Å². The number of hydrogen-bond acceptors (Lipinski definition) is 7. The van der Waals surface area contributed by atoms with Gasteiger partial charge in [-0.05, 0) is 62.4 Å². The molecule has 7 nitrogen and oxygen atoms in total. The molecule has 0 amide bonds. The first-order valence-corrected chi connectivity index (χ1v) is 13.2. The number of dihydropyridines is 1. The summed E-state index contributed by atoms with van der Waals surface area (Å²) in [4.78, 5) is 26.1. The lowest BCUT2D eigenvalue weighted by Gasteiger charge is -2.37. The fourth-order valence-electron chi connectivity index (χ4n) is 5.12. The normalized spacial score (nSPS) is 18.7. The molecule has 0 atom stereocenters. The minimum atomic E-state index is -4.07. The van der Waals surface area contributed by atoms with Crippen molar-refractivity contribution in [1.29, 1.82) is 0 Å². The lowest BCUT2D eigenvalue weighted by Crippen LogP contribution is -2.36. The number of rotatable bonds is 5. The number of ether oxygens (including phenoxy) is 1. The van der Waals surface area contributed by atoms with Gasteiger partial charge in [-0.3, -0.25) is 9.59 Å². The highest BCUT2D eigenvalue weighted by Gasteiger charge is 2.40. The first-order valence-electron chi connectivity index (χ1n) is 11.8. The average molecular weight is 494 g/mol. The number of carbonyl (C=O) groups excluding carboxylic acids is 2. The van der Waals surface area contributed by atoms with Crippen molar-refractivity contribution in [3.05, 3.63) is 76.1 Å². The Kier molecular flexibility index (Phi) is 6.01. The Hall–Kier alpha value is -3.39. The van der Waals surface area contributed by atoms with Gasteiger partial charge in [-0.15, -0.1) is 0 Å². The van der Waals surface area contributed by atoms with Gasteiger partial charge in [-0.25, -0.2) is 0 Å². The number of nitrogens with one attached hydrogen (secondary N) is 1. The Morgan fingerprint density at radius 2 is 1.43 bits per heavy atom. The number of carbonyl (C=O) groups is 2. The molecule has 0 spiro atoms. The quantitative estimate of drug-likeness (QED) is 0.614. The molecule has 182 valence electrons. The van der Waals surface area contributed by atoms with Crippen LogP contribution in [0.3, 0.4) is 0 Å². The predicted octanol–water partition coefficient (Wildman–Crippen LogP) is 4.47. The molecule has 2 aromatic carbocycles. The molecule has 8 heteroatoms. The van der Waals surface area contributed by atoms with Crippen LogP contribution in [0.4, 0.5) is 0 Å². The van der Waals surface area contributed by atoms with E-state index in [0.717, 1.165) is 42.6 Å². The van der Waals surface area contributed by atoms with E-state index < -0.39 is 16.0 Å². The summed E-state index contributed by atoms with van der Waals surface area (Å²) in [6, 6.07) is 11.3. The van der Waals surface area contributed by atoms with E-state index in [1.807, 2.05) is 6.92 Å². The van der Waals surface area contributed by atoms with Crippen LogP contribution in [0.15, 0.2) is 69.9 Å². The fraction of sp³-hybridized carbons (Fsp3) is 0.333. The zero-order valence-electron chi connectivity index (χ0n) is 19.7. The van der Waals surface area contributed by atoms with E-state index in [0.29, 0.717) is 29.6 Å². The molecule has 1 aliphatic heterocycles. The molecule has 2 aliphatic carbocycles.